The van der Waals surface area contributed by atoms with Gasteiger partial charge in [-0.15, -0.1) is 0 Å². The Kier molecular flexibility index (Phi) is 6.29. The van der Waals surface area contributed by atoms with Gasteiger partial charge in [-0.2, -0.15) is 0 Å². The Morgan fingerprint density at radius 3 is 2.25 bits per heavy atom. The quantitative estimate of drug-likeness (QED) is 0.632. The van der Waals surface area contributed by atoms with Gasteiger partial charge in [0, 0.05) is 16.3 Å². The molecular formula is C22H19ClN2O3. The zero-order chi connectivity index (χ0) is 19.9. The molecule has 0 heterocycles. The molecule has 2 N–H and O–H groups in total. The van der Waals surface area contributed by atoms with E-state index in [0.29, 0.717) is 27.7 Å². The van der Waals surface area contributed by atoms with Crippen molar-refractivity contribution in [2.24, 2.45) is 0 Å². The molecule has 0 bridgehead atoms. The summed E-state index contributed by atoms with van der Waals surface area (Å²) in [5.74, 6) is 0.180. The van der Waals surface area contributed by atoms with Gasteiger partial charge in [-0.25, -0.2) is 0 Å². The minimum Gasteiger partial charge on any atom is -0.495 e. The van der Waals surface area contributed by atoms with Crippen LogP contribution >= 0.6 is 11.6 Å². The number of hydrogen-bond acceptors (Lipinski definition) is 3. The van der Waals surface area contributed by atoms with Gasteiger partial charge in [0.25, 0.3) is 5.91 Å². The van der Waals surface area contributed by atoms with E-state index >= 15 is 0 Å². The number of amides is 2. The van der Waals surface area contributed by atoms with E-state index in [-0.39, 0.29) is 18.2 Å². The number of benzene rings is 3. The van der Waals surface area contributed by atoms with Gasteiger partial charge in [-0.05, 0) is 54.1 Å². The lowest BCUT2D eigenvalue weighted by Gasteiger charge is -2.10. The third kappa shape index (κ3) is 5.11. The minimum absolute atomic E-state index is 0.145. The summed E-state index contributed by atoms with van der Waals surface area (Å²) in [6.07, 6.45) is 0.243. The first-order valence-electron chi connectivity index (χ1n) is 8.64. The van der Waals surface area contributed by atoms with Gasteiger partial charge in [-0.3, -0.25) is 9.59 Å². The van der Waals surface area contributed by atoms with Crippen molar-refractivity contribution in [2.45, 2.75) is 6.42 Å². The number of methoxy groups -OCH3 is 1. The summed E-state index contributed by atoms with van der Waals surface area (Å²) in [4.78, 5) is 24.6. The summed E-state index contributed by atoms with van der Waals surface area (Å²) in [6.45, 7) is 0. The van der Waals surface area contributed by atoms with E-state index in [9.17, 15) is 9.59 Å². The summed E-state index contributed by atoms with van der Waals surface area (Å²) in [5.41, 5.74) is 2.56. The van der Waals surface area contributed by atoms with Gasteiger partial charge < -0.3 is 15.4 Å². The number of rotatable bonds is 6. The Morgan fingerprint density at radius 2 is 1.57 bits per heavy atom. The fourth-order valence-electron chi connectivity index (χ4n) is 2.64. The van der Waals surface area contributed by atoms with Crippen LogP contribution in [0.5, 0.6) is 5.75 Å². The Hall–Kier alpha value is -3.31. The van der Waals surface area contributed by atoms with Crippen LogP contribution in [0.1, 0.15) is 15.9 Å². The van der Waals surface area contributed by atoms with Crippen molar-refractivity contribution in [3.05, 3.63) is 88.9 Å². The molecule has 0 saturated carbocycles. The van der Waals surface area contributed by atoms with Crippen LogP contribution in [0, 0.1) is 0 Å². The van der Waals surface area contributed by atoms with E-state index in [1.54, 1.807) is 55.6 Å². The van der Waals surface area contributed by atoms with E-state index in [4.69, 9.17) is 16.3 Å². The second-order valence-corrected chi connectivity index (χ2v) is 6.52. The van der Waals surface area contributed by atoms with Crippen molar-refractivity contribution >= 4 is 34.8 Å². The maximum atomic E-state index is 12.4. The molecule has 0 spiro atoms. The van der Waals surface area contributed by atoms with Crippen LogP contribution < -0.4 is 15.4 Å². The lowest BCUT2D eigenvalue weighted by Crippen LogP contribution is -2.15. The number of halogens is 1. The zero-order valence-electron chi connectivity index (χ0n) is 15.2. The normalized spacial score (nSPS) is 10.2. The van der Waals surface area contributed by atoms with E-state index in [0.717, 1.165) is 5.56 Å². The number of anilines is 2. The summed E-state index contributed by atoms with van der Waals surface area (Å²) in [7, 11) is 1.55. The highest BCUT2D eigenvalue weighted by Gasteiger charge is 2.10. The second-order valence-electron chi connectivity index (χ2n) is 6.08. The smallest absolute Gasteiger partial charge is 0.255 e. The van der Waals surface area contributed by atoms with Crippen LogP contribution in [0.25, 0.3) is 0 Å². The average Bonchev–Trinajstić information content (AvgIpc) is 2.70. The molecular weight excluding hydrogens is 376 g/mol. The predicted octanol–water partition coefficient (Wildman–Crippen LogP) is 4.78. The second kappa shape index (κ2) is 9.06. The van der Waals surface area contributed by atoms with Crippen molar-refractivity contribution < 1.29 is 14.3 Å². The molecule has 28 heavy (non-hydrogen) atoms. The van der Waals surface area contributed by atoms with E-state index < -0.39 is 0 Å². The van der Waals surface area contributed by atoms with Crippen molar-refractivity contribution in [2.75, 3.05) is 17.7 Å². The van der Waals surface area contributed by atoms with E-state index in [1.807, 2.05) is 24.3 Å². The number of para-hydroxylation sites is 2. The van der Waals surface area contributed by atoms with Crippen LogP contribution in [0.4, 0.5) is 11.4 Å². The highest BCUT2D eigenvalue weighted by molar-refractivity contribution is 6.30. The monoisotopic (exact) mass is 394 g/mol. The molecule has 2 amide bonds. The third-order valence-corrected chi connectivity index (χ3v) is 4.32. The summed E-state index contributed by atoms with van der Waals surface area (Å²) < 4.78 is 5.23. The molecule has 0 aliphatic heterocycles. The maximum absolute atomic E-state index is 12.4. The van der Waals surface area contributed by atoms with Crippen LogP contribution in [0.15, 0.2) is 72.8 Å². The van der Waals surface area contributed by atoms with Gasteiger partial charge in [0.05, 0.1) is 19.2 Å². The van der Waals surface area contributed by atoms with Gasteiger partial charge in [0.15, 0.2) is 0 Å². The first-order chi connectivity index (χ1) is 13.5. The molecule has 0 radical (unpaired) electrons. The predicted molar refractivity (Wildman–Crippen MR) is 111 cm³/mol. The van der Waals surface area contributed by atoms with Crippen LogP contribution in [-0.4, -0.2) is 18.9 Å². The number of hydrogen-bond donors (Lipinski definition) is 2. The van der Waals surface area contributed by atoms with E-state index in [2.05, 4.69) is 10.6 Å². The summed E-state index contributed by atoms with van der Waals surface area (Å²) >= 11 is 5.85. The maximum Gasteiger partial charge on any atom is 0.255 e. The minimum atomic E-state index is -0.261. The molecule has 3 rings (SSSR count). The lowest BCUT2D eigenvalue weighted by atomic mass is 10.1. The van der Waals surface area contributed by atoms with Crippen LogP contribution in [-0.2, 0) is 11.2 Å². The van der Waals surface area contributed by atoms with Crippen molar-refractivity contribution in [1.82, 2.24) is 0 Å². The van der Waals surface area contributed by atoms with Gasteiger partial charge >= 0.3 is 0 Å². The molecule has 0 aromatic heterocycles. The Balaban J connectivity index is 1.60. The van der Waals surface area contributed by atoms with E-state index in [1.165, 1.54) is 0 Å². The van der Waals surface area contributed by atoms with Crippen LogP contribution in [0.3, 0.4) is 0 Å². The number of carbonyl (C=O) groups is 2. The standard InChI is InChI=1S/C22H19ClN2O3/c1-28-20-5-3-2-4-19(20)25-22(27)16-8-12-18(13-9-16)24-21(26)14-15-6-10-17(23)11-7-15/h2-13H,14H2,1H3,(H,24,26)(H,25,27). The molecule has 0 unspecified atom stereocenters. The molecule has 142 valence electrons. The van der Waals surface area contributed by atoms with Gasteiger partial charge in [0.2, 0.25) is 5.91 Å². The molecule has 0 fully saturated rings. The van der Waals surface area contributed by atoms with Gasteiger partial charge in [-0.1, -0.05) is 35.9 Å². The highest BCUT2D eigenvalue weighted by Crippen LogP contribution is 2.24. The molecule has 0 atom stereocenters. The SMILES string of the molecule is COc1ccccc1NC(=O)c1ccc(NC(=O)Cc2ccc(Cl)cc2)cc1. The molecule has 0 aliphatic carbocycles. The molecule has 3 aromatic rings. The summed E-state index contributed by atoms with van der Waals surface area (Å²) in [5, 5.41) is 6.26. The Morgan fingerprint density at radius 1 is 0.893 bits per heavy atom. The molecule has 0 aliphatic rings. The van der Waals surface area contributed by atoms with Gasteiger partial charge in [0.1, 0.15) is 5.75 Å². The zero-order valence-corrected chi connectivity index (χ0v) is 16.0. The molecule has 0 saturated heterocycles. The summed E-state index contributed by atoms with van der Waals surface area (Å²) in [6, 6.07) is 21.0. The fraction of sp³-hybridized carbons (Fsp3) is 0.0909. The molecule has 3 aromatic carbocycles. The number of nitrogens with one attached hydrogen (secondary N) is 2. The molecule has 6 heteroatoms. The van der Waals surface area contributed by atoms with Crippen molar-refractivity contribution in [3.63, 3.8) is 0 Å². The first kappa shape index (κ1) is 19.5. The Labute approximate surface area is 168 Å². The van der Waals surface area contributed by atoms with Crippen molar-refractivity contribution in [3.8, 4) is 5.75 Å². The first-order valence-corrected chi connectivity index (χ1v) is 9.01. The Bertz CT molecular complexity index is 970. The highest BCUT2D eigenvalue weighted by atomic mass is 35.5. The number of carbonyl (C=O) groups excluding carboxylic acids is 2. The third-order valence-electron chi connectivity index (χ3n) is 4.06. The molecule has 5 nitrogen and oxygen atoms in total. The fourth-order valence-corrected chi connectivity index (χ4v) is 2.77. The largest absolute Gasteiger partial charge is 0.495 e. The van der Waals surface area contributed by atoms with Crippen LogP contribution in [0.2, 0.25) is 5.02 Å². The van der Waals surface area contributed by atoms with Crippen molar-refractivity contribution in [1.29, 1.82) is 0 Å². The number of ether oxygens (including phenoxy) is 1. The average molecular weight is 395 g/mol. The lowest BCUT2D eigenvalue weighted by molar-refractivity contribution is -0.115. The topological polar surface area (TPSA) is 67.4 Å².